The van der Waals surface area contributed by atoms with E-state index in [1.165, 1.54) is 16.2 Å². The van der Waals surface area contributed by atoms with E-state index in [9.17, 15) is 9.59 Å². The monoisotopic (exact) mass is 368 g/mol. The number of aromatic amines is 1. The Bertz CT molecular complexity index is 951. The average molecular weight is 368 g/mol. The first-order valence-corrected chi connectivity index (χ1v) is 8.96. The summed E-state index contributed by atoms with van der Waals surface area (Å²) in [5.74, 6) is 0.0374. The van der Waals surface area contributed by atoms with E-state index in [0.717, 1.165) is 11.4 Å². The fraction of sp³-hybridized carbons (Fsp3) is 0.167. The van der Waals surface area contributed by atoms with Crippen LogP contribution in [0.2, 0.25) is 0 Å². The van der Waals surface area contributed by atoms with E-state index in [1.54, 1.807) is 25.1 Å². The molecule has 0 unspecified atom stereocenters. The van der Waals surface area contributed by atoms with Crippen LogP contribution in [0.3, 0.4) is 0 Å². The summed E-state index contributed by atoms with van der Waals surface area (Å²) in [5, 5.41) is 5.11. The number of hydrogen-bond donors (Lipinski definition) is 2. The summed E-state index contributed by atoms with van der Waals surface area (Å²) in [6, 6.07) is 11.0. The normalized spacial score (nSPS) is 16.1. The second-order valence-corrected chi connectivity index (χ2v) is 6.68. The number of nitrogens with zero attached hydrogens (tertiary/aromatic N) is 2. The van der Waals surface area contributed by atoms with Crippen LogP contribution in [0.15, 0.2) is 48.0 Å². The SMILES string of the molecule is C[C@@H]1Oc2ccccc2N(CC(=O)Nc2nc(-c3ccc[nH]3)cs2)C1=O. The highest BCUT2D eigenvalue weighted by Gasteiger charge is 2.32. The molecule has 0 saturated carbocycles. The zero-order valence-electron chi connectivity index (χ0n) is 13.9. The molecule has 1 aliphatic heterocycles. The molecule has 3 heterocycles. The van der Waals surface area contributed by atoms with Crippen molar-refractivity contribution < 1.29 is 14.3 Å². The zero-order chi connectivity index (χ0) is 18.1. The molecule has 2 aromatic heterocycles. The lowest BCUT2D eigenvalue weighted by Gasteiger charge is -2.32. The molecule has 26 heavy (non-hydrogen) atoms. The minimum atomic E-state index is -0.628. The lowest BCUT2D eigenvalue weighted by molar-refractivity contribution is -0.127. The van der Waals surface area contributed by atoms with E-state index >= 15 is 0 Å². The lowest BCUT2D eigenvalue weighted by Crippen LogP contribution is -2.47. The number of fused-ring (bicyclic) bond motifs is 1. The van der Waals surface area contributed by atoms with E-state index in [1.807, 2.05) is 29.8 Å². The van der Waals surface area contributed by atoms with E-state index in [4.69, 9.17) is 4.74 Å². The standard InChI is InChI=1S/C18H16N4O3S/c1-11-17(24)22(14-6-2-3-7-15(14)25-11)9-16(23)21-18-20-13(10-26-18)12-5-4-8-19-12/h2-8,10-11,19H,9H2,1H3,(H,20,21,23)/t11-/m0/s1. The number of carbonyl (C=O) groups is 2. The van der Waals surface area contributed by atoms with Crippen molar-refractivity contribution in [3.05, 3.63) is 48.0 Å². The molecule has 8 heteroatoms. The van der Waals surface area contributed by atoms with Crippen molar-refractivity contribution >= 4 is 34.0 Å². The fourth-order valence-electron chi connectivity index (χ4n) is 2.77. The van der Waals surface area contributed by atoms with Gasteiger partial charge in [-0.05, 0) is 31.2 Å². The summed E-state index contributed by atoms with van der Waals surface area (Å²) >= 11 is 1.33. The second kappa shape index (κ2) is 6.64. The number of aromatic nitrogens is 2. The minimum Gasteiger partial charge on any atom is -0.479 e. The van der Waals surface area contributed by atoms with Crippen LogP contribution >= 0.6 is 11.3 Å². The summed E-state index contributed by atoms with van der Waals surface area (Å²) in [6.45, 7) is 1.58. The Hall–Kier alpha value is -3.13. The highest BCUT2D eigenvalue weighted by atomic mass is 32.1. The van der Waals surface area contributed by atoms with Gasteiger partial charge in [0, 0.05) is 11.6 Å². The Morgan fingerprint density at radius 2 is 2.19 bits per heavy atom. The van der Waals surface area contributed by atoms with Gasteiger partial charge in [-0.1, -0.05) is 12.1 Å². The maximum Gasteiger partial charge on any atom is 0.268 e. The fourth-order valence-corrected chi connectivity index (χ4v) is 3.50. The maximum atomic E-state index is 12.5. The molecule has 0 bridgehead atoms. The van der Waals surface area contributed by atoms with Crippen molar-refractivity contribution in [2.75, 3.05) is 16.8 Å². The van der Waals surface area contributed by atoms with Crippen LogP contribution in [-0.4, -0.2) is 34.4 Å². The molecule has 7 nitrogen and oxygen atoms in total. The third-order valence-corrected chi connectivity index (χ3v) is 4.76. The largest absolute Gasteiger partial charge is 0.479 e. The van der Waals surface area contributed by atoms with Crippen molar-refractivity contribution in [1.29, 1.82) is 0 Å². The second-order valence-electron chi connectivity index (χ2n) is 5.82. The Morgan fingerprint density at radius 1 is 1.35 bits per heavy atom. The van der Waals surface area contributed by atoms with Crippen molar-refractivity contribution in [2.24, 2.45) is 0 Å². The molecule has 0 spiro atoms. The molecule has 2 amide bonds. The molecule has 1 atom stereocenters. The van der Waals surface area contributed by atoms with Gasteiger partial charge in [0.15, 0.2) is 11.2 Å². The van der Waals surface area contributed by atoms with Crippen LogP contribution in [-0.2, 0) is 9.59 Å². The lowest BCUT2D eigenvalue weighted by atomic mass is 10.2. The number of benzene rings is 1. The highest BCUT2D eigenvalue weighted by Crippen LogP contribution is 2.33. The smallest absolute Gasteiger partial charge is 0.268 e. The third-order valence-electron chi connectivity index (χ3n) is 4.00. The highest BCUT2D eigenvalue weighted by molar-refractivity contribution is 7.14. The first-order chi connectivity index (χ1) is 12.6. The Balaban J connectivity index is 1.49. The summed E-state index contributed by atoms with van der Waals surface area (Å²) in [5.41, 5.74) is 2.24. The Morgan fingerprint density at radius 3 is 3.00 bits per heavy atom. The van der Waals surface area contributed by atoms with Gasteiger partial charge in [0.05, 0.1) is 17.1 Å². The molecule has 1 aromatic carbocycles. The molecular weight excluding hydrogens is 352 g/mol. The molecule has 3 aromatic rings. The number of amides is 2. The van der Waals surface area contributed by atoms with Crippen LogP contribution in [0.4, 0.5) is 10.8 Å². The number of carbonyl (C=O) groups excluding carboxylic acids is 2. The first kappa shape index (κ1) is 16.3. The molecular formula is C18H16N4O3S. The van der Waals surface area contributed by atoms with Crippen LogP contribution in [0, 0.1) is 0 Å². The number of para-hydroxylation sites is 2. The topological polar surface area (TPSA) is 87.3 Å². The predicted molar refractivity (Wildman–Crippen MR) is 99.4 cm³/mol. The molecule has 0 aliphatic carbocycles. The van der Waals surface area contributed by atoms with Crippen molar-refractivity contribution in [1.82, 2.24) is 9.97 Å². The van der Waals surface area contributed by atoms with Gasteiger partial charge in [-0.2, -0.15) is 0 Å². The third kappa shape index (κ3) is 3.06. The van der Waals surface area contributed by atoms with Crippen LogP contribution in [0.25, 0.3) is 11.4 Å². The number of hydrogen-bond acceptors (Lipinski definition) is 5. The number of nitrogens with one attached hydrogen (secondary N) is 2. The number of H-pyrrole nitrogens is 1. The summed E-state index contributed by atoms with van der Waals surface area (Å²) in [6.07, 6.45) is 1.19. The van der Waals surface area contributed by atoms with Gasteiger partial charge in [-0.3, -0.25) is 14.5 Å². The van der Waals surface area contributed by atoms with Gasteiger partial charge in [0.25, 0.3) is 5.91 Å². The quantitative estimate of drug-likeness (QED) is 0.741. The Kier molecular flexibility index (Phi) is 4.18. The van der Waals surface area contributed by atoms with Crippen LogP contribution in [0.1, 0.15) is 6.92 Å². The van der Waals surface area contributed by atoms with E-state index in [-0.39, 0.29) is 18.4 Å². The number of ether oxygens (including phenoxy) is 1. The molecule has 0 saturated heterocycles. The van der Waals surface area contributed by atoms with E-state index in [2.05, 4.69) is 15.3 Å². The predicted octanol–water partition coefficient (Wildman–Crippen LogP) is 2.89. The van der Waals surface area contributed by atoms with E-state index in [0.29, 0.717) is 16.6 Å². The number of thiazole rings is 1. The van der Waals surface area contributed by atoms with Crippen molar-refractivity contribution in [2.45, 2.75) is 13.0 Å². The van der Waals surface area contributed by atoms with Gasteiger partial charge < -0.3 is 15.0 Å². The van der Waals surface area contributed by atoms with Crippen molar-refractivity contribution in [3.63, 3.8) is 0 Å². The summed E-state index contributed by atoms with van der Waals surface area (Å²) in [7, 11) is 0. The Labute approximate surface area is 153 Å². The average Bonchev–Trinajstić information content (AvgIpc) is 3.30. The molecule has 0 radical (unpaired) electrons. The summed E-state index contributed by atoms with van der Waals surface area (Å²) < 4.78 is 5.58. The van der Waals surface area contributed by atoms with Gasteiger partial charge in [-0.25, -0.2) is 4.98 Å². The molecule has 1 aliphatic rings. The molecule has 2 N–H and O–H groups in total. The zero-order valence-corrected chi connectivity index (χ0v) is 14.7. The van der Waals surface area contributed by atoms with Gasteiger partial charge in [0.1, 0.15) is 12.3 Å². The molecule has 132 valence electrons. The van der Waals surface area contributed by atoms with E-state index < -0.39 is 6.10 Å². The maximum absolute atomic E-state index is 12.5. The first-order valence-electron chi connectivity index (χ1n) is 8.08. The van der Waals surface area contributed by atoms with Gasteiger partial charge in [-0.15, -0.1) is 11.3 Å². The van der Waals surface area contributed by atoms with Gasteiger partial charge in [0.2, 0.25) is 5.91 Å². The van der Waals surface area contributed by atoms with Gasteiger partial charge >= 0.3 is 0 Å². The summed E-state index contributed by atoms with van der Waals surface area (Å²) in [4.78, 5) is 33.8. The number of anilines is 2. The minimum absolute atomic E-state index is 0.0963. The molecule has 4 rings (SSSR count). The molecule has 0 fully saturated rings. The van der Waals surface area contributed by atoms with Crippen LogP contribution < -0.4 is 15.0 Å². The van der Waals surface area contributed by atoms with Crippen LogP contribution in [0.5, 0.6) is 5.75 Å². The van der Waals surface area contributed by atoms with Crippen molar-refractivity contribution in [3.8, 4) is 17.1 Å². The number of rotatable bonds is 4.